The zero-order chi connectivity index (χ0) is 11.5. The van der Waals surface area contributed by atoms with Crippen LogP contribution >= 0.6 is 11.6 Å². The molecule has 2 unspecified atom stereocenters. The van der Waals surface area contributed by atoms with Crippen molar-refractivity contribution in [2.75, 3.05) is 6.54 Å². The maximum atomic E-state index is 9.30. The Kier molecular flexibility index (Phi) is 3.85. The molecule has 2 nitrogen and oxygen atoms in total. The molecule has 0 saturated heterocycles. The largest absolute Gasteiger partial charge is 0.392 e. The summed E-state index contributed by atoms with van der Waals surface area (Å²) in [6, 6.07) is 6.44. The first-order valence-corrected chi connectivity index (χ1v) is 6.25. The lowest BCUT2D eigenvalue weighted by Crippen LogP contribution is -2.31. The first-order valence-electron chi connectivity index (χ1n) is 5.87. The van der Waals surface area contributed by atoms with Gasteiger partial charge in [-0.15, -0.1) is 0 Å². The van der Waals surface area contributed by atoms with Crippen LogP contribution < -0.4 is 5.32 Å². The van der Waals surface area contributed by atoms with Gasteiger partial charge in [0.15, 0.2) is 0 Å². The molecule has 1 aliphatic rings. The summed E-state index contributed by atoms with van der Waals surface area (Å²) in [6.07, 6.45) is 3.06. The molecule has 0 spiro atoms. The van der Waals surface area contributed by atoms with E-state index in [-0.39, 0.29) is 6.10 Å². The first-order chi connectivity index (χ1) is 7.68. The minimum Gasteiger partial charge on any atom is -0.392 e. The van der Waals surface area contributed by atoms with Gasteiger partial charge < -0.3 is 10.4 Å². The van der Waals surface area contributed by atoms with E-state index >= 15 is 0 Å². The Bertz CT molecular complexity index is 365. The molecule has 2 N–H and O–H groups in total. The minimum atomic E-state index is -0.301. The molecule has 16 heavy (non-hydrogen) atoms. The van der Waals surface area contributed by atoms with E-state index in [0.717, 1.165) is 24.3 Å². The van der Waals surface area contributed by atoms with Crippen LogP contribution in [0.4, 0.5) is 0 Å². The number of fused-ring (bicyclic) bond motifs is 1. The van der Waals surface area contributed by atoms with Gasteiger partial charge in [-0.3, -0.25) is 0 Å². The maximum Gasteiger partial charge on any atom is 0.0636 e. The van der Waals surface area contributed by atoms with Gasteiger partial charge in [0, 0.05) is 17.6 Å². The monoisotopic (exact) mass is 239 g/mol. The van der Waals surface area contributed by atoms with E-state index in [2.05, 4.69) is 11.4 Å². The molecule has 0 heterocycles. The molecular weight excluding hydrogens is 222 g/mol. The fraction of sp³-hybridized carbons (Fsp3) is 0.538. The van der Waals surface area contributed by atoms with Gasteiger partial charge in [-0.2, -0.15) is 0 Å². The molecule has 3 heteroatoms. The third kappa shape index (κ3) is 2.57. The Labute approximate surface area is 102 Å². The highest BCUT2D eigenvalue weighted by atomic mass is 35.5. The van der Waals surface area contributed by atoms with Crippen molar-refractivity contribution in [2.45, 2.75) is 38.3 Å². The zero-order valence-electron chi connectivity index (χ0n) is 9.54. The second-order valence-electron chi connectivity index (χ2n) is 4.51. The molecule has 88 valence electrons. The van der Waals surface area contributed by atoms with Crippen LogP contribution in [0.3, 0.4) is 0 Å². The smallest absolute Gasteiger partial charge is 0.0636 e. The second kappa shape index (κ2) is 5.17. The lowest BCUT2D eigenvalue weighted by Gasteiger charge is -2.27. The standard InChI is InChI=1S/C13H18ClNO/c1-9(16)8-15-13-7-3-4-10-11(13)5-2-6-12(10)14/h2,5-6,9,13,15-16H,3-4,7-8H2,1H3. The number of halogens is 1. The maximum absolute atomic E-state index is 9.30. The van der Waals surface area contributed by atoms with Gasteiger partial charge in [-0.1, -0.05) is 23.7 Å². The zero-order valence-corrected chi connectivity index (χ0v) is 10.3. The van der Waals surface area contributed by atoms with E-state index in [9.17, 15) is 5.11 Å². The van der Waals surface area contributed by atoms with Crippen molar-refractivity contribution < 1.29 is 5.11 Å². The van der Waals surface area contributed by atoms with Crippen molar-refractivity contribution in [2.24, 2.45) is 0 Å². The molecular formula is C13H18ClNO. The number of aliphatic hydroxyl groups is 1. The predicted octanol–water partition coefficient (Wildman–Crippen LogP) is 2.69. The van der Waals surface area contributed by atoms with Crippen molar-refractivity contribution in [3.05, 3.63) is 34.3 Å². The Balaban J connectivity index is 2.16. The van der Waals surface area contributed by atoms with E-state index in [1.54, 1.807) is 6.92 Å². The third-order valence-electron chi connectivity index (χ3n) is 3.11. The molecule has 1 aromatic carbocycles. The van der Waals surface area contributed by atoms with Crippen LogP contribution in [0, 0.1) is 0 Å². The predicted molar refractivity (Wildman–Crippen MR) is 66.8 cm³/mol. The van der Waals surface area contributed by atoms with Crippen molar-refractivity contribution >= 4 is 11.6 Å². The molecule has 0 aliphatic heterocycles. The van der Waals surface area contributed by atoms with Crippen LogP contribution in [0.2, 0.25) is 5.02 Å². The lowest BCUT2D eigenvalue weighted by molar-refractivity contribution is 0.184. The van der Waals surface area contributed by atoms with Crippen LogP contribution in [0.15, 0.2) is 18.2 Å². The van der Waals surface area contributed by atoms with Gasteiger partial charge in [-0.25, -0.2) is 0 Å². The molecule has 0 aromatic heterocycles. The Morgan fingerprint density at radius 3 is 3.12 bits per heavy atom. The summed E-state index contributed by atoms with van der Waals surface area (Å²) >= 11 is 6.19. The Hall–Kier alpha value is -0.570. The fourth-order valence-corrected chi connectivity index (χ4v) is 2.61. The van der Waals surface area contributed by atoms with Crippen molar-refractivity contribution in [3.63, 3.8) is 0 Å². The van der Waals surface area contributed by atoms with Crippen LogP contribution in [0.25, 0.3) is 0 Å². The van der Waals surface area contributed by atoms with Crippen LogP contribution in [-0.2, 0) is 6.42 Å². The van der Waals surface area contributed by atoms with Crippen LogP contribution in [0.1, 0.15) is 36.9 Å². The van der Waals surface area contributed by atoms with E-state index < -0.39 is 0 Å². The summed E-state index contributed by atoms with van der Waals surface area (Å²) < 4.78 is 0. The third-order valence-corrected chi connectivity index (χ3v) is 3.46. The van der Waals surface area contributed by atoms with Crippen molar-refractivity contribution in [1.82, 2.24) is 5.32 Å². The first kappa shape index (κ1) is 11.9. The molecule has 0 saturated carbocycles. The van der Waals surface area contributed by atoms with Crippen molar-refractivity contribution in [3.8, 4) is 0 Å². The fourth-order valence-electron chi connectivity index (χ4n) is 2.33. The van der Waals surface area contributed by atoms with E-state index in [1.165, 1.54) is 11.1 Å². The molecule has 1 aliphatic carbocycles. The molecule has 0 fully saturated rings. The average Bonchev–Trinajstić information content (AvgIpc) is 2.27. The SMILES string of the molecule is CC(O)CNC1CCCc2c(Cl)cccc21. The number of aliphatic hydroxyl groups excluding tert-OH is 1. The second-order valence-corrected chi connectivity index (χ2v) is 4.92. The molecule has 2 atom stereocenters. The lowest BCUT2D eigenvalue weighted by atomic mass is 9.87. The summed E-state index contributed by atoms with van der Waals surface area (Å²) in [5, 5.41) is 13.6. The molecule has 2 rings (SSSR count). The van der Waals surface area contributed by atoms with E-state index in [1.807, 2.05) is 12.1 Å². The highest BCUT2D eigenvalue weighted by Gasteiger charge is 2.21. The quantitative estimate of drug-likeness (QED) is 0.850. The topological polar surface area (TPSA) is 32.3 Å². The van der Waals surface area contributed by atoms with Gasteiger partial charge in [0.1, 0.15) is 0 Å². The average molecular weight is 240 g/mol. The summed E-state index contributed by atoms with van der Waals surface area (Å²) in [4.78, 5) is 0. The van der Waals surface area contributed by atoms with Gasteiger partial charge in [0.2, 0.25) is 0 Å². The van der Waals surface area contributed by atoms with Crippen LogP contribution in [-0.4, -0.2) is 17.8 Å². The normalized spacial score (nSPS) is 21.6. The van der Waals surface area contributed by atoms with Gasteiger partial charge in [0.25, 0.3) is 0 Å². The van der Waals surface area contributed by atoms with Gasteiger partial charge >= 0.3 is 0 Å². The summed E-state index contributed by atoms with van der Waals surface area (Å²) in [5.41, 5.74) is 2.58. The number of benzene rings is 1. The highest BCUT2D eigenvalue weighted by molar-refractivity contribution is 6.31. The Morgan fingerprint density at radius 1 is 1.56 bits per heavy atom. The number of nitrogens with one attached hydrogen (secondary N) is 1. The van der Waals surface area contributed by atoms with Gasteiger partial charge in [0.05, 0.1) is 6.10 Å². The summed E-state index contributed by atoms with van der Waals surface area (Å²) in [5.74, 6) is 0. The van der Waals surface area contributed by atoms with E-state index in [4.69, 9.17) is 11.6 Å². The van der Waals surface area contributed by atoms with Crippen LogP contribution in [0.5, 0.6) is 0 Å². The Morgan fingerprint density at radius 2 is 2.38 bits per heavy atom. The summed E-state index contributed by atoms with van der Waals surface area (Å²) in [6.45, 7) is 2.44. The molecule has 0 amide bonds. The molecule has 0 bridgehead atoms. The van der Waals surface area contributed by atoms with E-state index in [0.29, 0.717) is 12.6 Å². The molecule has 1 aromatic rings. The van der Waals surface area contributed by atoms with Crippen molar-refractivity contribution in [1.29, 1.82) is 0 Å². The number of hydrogen-bond acceptors (Lipinski definition) is 2. The number of hydrogen-bond donors (Lipinski definition) is 2. The highest BCUT2D eigenvalue weighted by Crippen LogP contribution is 2.33. The summed E-state index contributed by atoms with van der Waals surface area (Å²) in [7, 11) is 0. The van der Waals surface area contributed by atoms with Gasteiger partial charge in [-0.05, 0) is 43.4 Å². The minimum absolute atomic E-state index is 0.301. The molecule has 0 radical (unpaired) electrons. The number of rotatable bonds is 3.